The lowest BCUT2D eigenvalue weighted by atomic mass is 10.2. The molecular weight excluding hydrogens is 531 g/mol. The molecule has 9 nitrogen and oxygen atoms in total. The SMILES string of the molecule is Nc1ccc(Br)c(F)c1[N+](=O)[O-].Nc1ccc(Br)c(Oc2ccccc2)c1[N+](=O)[O-]. The number of hydrogen-bond donors (Lipinski definition) is 2. The largest absolute Gasteiger partial charge is 0.449 e. The maximum atomic E-state index is 12.9. The van der Waals surface area contributed by atoms with Gasteiger partial charge in [-0.25, -0.2) is 0 Å². The minimum atomic E-state index is -0.944. The number of nitrogens with zero attached hydrogens (tertiary/aromatic N) is 2. The molecular formula is C18H13Br2FN4O5. The Morgan fingerprint density at radius 2 is 1.30 bits per heavy atom. The predicted octanol–water partition coefficient (Wildman–Crippen LogP) is 5.81. The molecule has 0 heterocycles. The second kappa shape index (κ2) is 9.98. The molecule has 0 aromatic heterocycles. The molecule has 12 heteroatoms. The van der Waals surface area contributed by atoms with Gasteiger partial charge in [0.05, 0.1) is 18.8 Å². The van der Waals surface area contributed by atoms with Crippen LogP contribution in [0.3, 0.4) is 0 Å². The smallest absolute Gasteiger partial charge is 0.335 e. The van der Waals surface area contributed by atoms with Crippen LogP contribution in [0.5, 0.6) is 11.5 Å². The van der Waals surface area contributed by atoms with Crippen molar-refractivity contribution in [3.63, 3.8) is 0 Å². The van der Waals surface area contributed by atoms with E-state index in [4.69, 9.17) is 16.2 Å². The summed E-state index contributed by atoms with van der Waals surface area (Å²) in [5, 5.41) is 21.3. The molecule has 3 aromatic carbocycles. The fourth-order valence-corrected chi connectivity index (χ4v) is 2.91. The van der Waals surface area contributed by atoms with Crippen LogP contribution in [0.1, 0.15) is 0 Å². The van der Waals surface area contributed by atoms with E-state index in [9.17, 15) is 24.6 Å². The van der Waals surface area contributed by atoms with E-state index in [-0.39, 0.29) is 27.3 Å². The fraction of sp³-hybridized carbons (Fsp3) is 0. The lowest BCUT2D eigenvalue weighted by molar-refractivity contribution is -0.386. The summed E-state index contributed by atoms with van der Waals surface area (Å²) < 4.78 is 19.0. The first-order valence-electron chi connectivity index (χ1n) is 7.96. The summed E-state index contributed by atoms with van der Waals surface area (Å²) in [6.07, 6.45) is 0. The van der Waals surface area contributed by atoms with Crippen molar-refractivity contribution in [2.24, 2.45) is 0 Å². The van der Waals surface area contributed by atoms with E-state index >= 15 is 0 Å². The molecule has 30 heavy (non-hydrogen) atoms. The highest BCUT2D eigenvalue weighted by Gasteiger charge is 2.23. The molecule has 156 valence electrons. The summed E-state index contributed by atoms with van der Waals surface area (Å²) in [6, 6.07) is 14.5. The number of ether oxygens (including phenoxy) is 1. The van der Waals surface area contributed by atoms with Crippen LogP contribution in [-0.2, 0) is 0 Å². The van der Waals surface area contributed by atoms with Crippen LogP contribution in [0.4, 0.5) is 27.1 Å². The zero-order valence-corrected chi connectivity index (χ0v) is 18.1. The van der Waals surface area contributed by atoms with Crippen molar-refractivity contribution in [3.8, 4) is 11.5 Å². The Hall–Kier alpha value is -3.25. The molecule has 0 saturated carbocycles. The van der Waals surface area contributed by atoms with E-state index in [2.05, 4.69) is 31.9 Å². The van der Waals surface area contributed by atoms with E-state index in [1.54, 1.807) is 30.3 Å². The van der Waals surface area contributed by atoms with Gasteiger partial charge < -0.3 is 16.2 Å². The van der Waals surface area contributed by atoms with E-state index < -0.39 is 21.4 Å². The van der Waals surface area contributed by atoms with Crippen LogP contribution in [-0.4, -0.2) is 9.85 Å². The number of hydrogen-bond acceptors (Lipinski definition) is 7. The maximum Gasteiger partial charge on any atom is 0.335 e. The third-order valence-corrected chi connectivity index (χ3v) is 4.78. The van der Waals surface area contributed by atoms with Gasteiger partial charge in [-0.1, -0.05) is 18.2 Å². The Labute approximate surface area is 186 Å². The number of nitrogens with two attached hydrogens (primary N) is 2. The molecule has 0 bridgehead atoms. The zero-order chi connectivity index (χ0) is 22.4. The van der Waals surface area contributed by atoms with Crippen LogP contribution >= 0.6 is 31.9 Å². The minimum absolute atomic E-state index is 0.0309. The second-order valence-corrected chi connectivity index (χ2v) is 7.25. The first-order chi connectivity index (χ1) is 14.1. The molecule has 0 fully saturated rings. The van der Waals surface area contributed by atoms with Gasteiger partial charge in [-0.3, -0.25) is 20.2 Å². The third kappa shape index (κ3) is 5.42. The highest BCUT2D eigenvalue weighted by atomic mass is 79.9. The quantitative estimate of drug-likeness (QED) is 0.239. The highest BCUT2D eigenvalue weighted by Crippen LogP contribution is 2.41. The number of para-hydroxylation sites is 1. The summed E-state index contributed by atoms with van der Waals surface area (Å²) in [6.45, 7) is 0. The fourth-order valence-electron chi connectivity index (χ4n) is 2.19. The predicted molar refractivity (Wildman–Crippen MR) is 117 cm³/mol. The van der Waals surface area contributed by atoms with E-state index in [1.165, 1.54) is 18.2 Å². The molecule has 0 spiro atoms. The number of nitro groups is 2. The van der Waals surface area contributed by atoms with Crippen LogP contribution in [0.2, 0.25) is 0 Å². The van der Waals surface area contributed by atoms with Crippen molar-refractivity contribution in [2.45, 2.75) is 0 Å². The van der Waals surface area contributed by atoms with Crippen LogP contribution < -0.4 is 16.2 Å². The van der Waals surface area contributed by atoms with Crippen molar-refractivity contribution >= 4 is 54.6 Å². The molecule has 4 N–H and O–H groups in total. The number of benzene rings is 3. The molecule has 0 aliphatic carbocycles. The first-order valence-corrected chi connectivity index (χ1v) is 9.55. The zero-order valence-electron chi connectivity index (χ0n) is 14.9. The average Bonchev–Trinajstić information content (AvgIpc) is 2.69. The third-order valence-electron chi connectivity index (χ3n) is 3.54. The number of nitro benzene ring substituents is 2. The number of nitrogen functional groups attached to an aromatic ring is 2. The van der Waals surface area contributed by atoms with E-state index in [0.717, 1.165) is 0 Å². The Bertz CT molecular complexity index is 1100. The lowest BCUT2D eigenvalue weighted by Crippen LogP contribution is -1.99. The molecule has 0 atom stereocenters. The number of halogens is 3. The molecule has 0 amide bonds. The summed E-state index contributed by atoms with van der Waals surface area (Å²) in [5.74, 6) is -0.335. The summed E-state index contributed by atoms with van der Waals surface area (Å²) in [4.78, 5) is 19.9. The van der Waals surface area contributed by atoms with Crippen molar-refractivity contribution < 1.29 is 19.0 Å². The molecule has 0 saturated heterocycles. The summed E-state index contributed by atoms with van der Waals surface area (Å²) in [7, 11) is 0. The van der Waals surface area contributed by atoms with Gasteiger partial charge in [0.15, 0.2) is 0 Å². The van der Waals surface area contributed by atoms with Gasteiger partial charge >= 0.3 is 11.4 Å². The van der Waals surface area contributed by atoms with Crippen LogP contribution in [0, 0.1) is 26.0 Å². The van der Waals surface area contributed by atoms with Gasteiger partial charge in [-0.05, 0) is 68.3 Å². The van der Waals surface area contributed by atoms with Gasteiger partial charge in [-0.15, -0.1) is 0 Å². The molecule has 3 rings (SSSR count). The van der Waals surface area contributed by atoms with Crippen molar-refractivity contribution in [1.29, 1.82) is 0 Å². The van der Waals surface area contributed by atoms with Gasteiger partial charge in [0.2, 0.25) is 11.6 Å². The molecule has 0 radical (unpaired) electrons. The van der Waals surface area contributed by atoms with Crippen molar-refractivity contribution in [3.05, 3.63) is 89.6 Å². The standard InChI is InChI=1S/C12H9BrN2O3.C6H4BrFN2O2/c13-9-6-7-10(14)11(15(16)17)12(9)18-8-4-2-1-3-5-8;7-3-1-2-4(9)6(5(3)8)10(11)12/h1-7H,14H2;1-2H,9H2. The Kier molecular flexibility index (Phi) is 7.66. The normalized spacial score (nSPS) is 9.97. The van der Waals surface area contributed by atoms with Crippen molar-refractivity contribution in [1.82, 2.24) is 0 Å². The average molecular weight is 544 g/mol. The minimum Gasteiger partial charge on any atom is -0.449 e. The summed E-state index contributed by atoms with van der Waals surface area (Å²) >= 11 is 6.04. The maximum absolute atomic E-state index is 12.9. The Morgan fingerprint density at radius 3 is 1.80 bits per heavy atom. The number of anilines is 2. The topological polar surface area (TPSA) is 148 Å². The Balaban J connectivity index is 0.000000232. The monoisotopic (exact) mass is 542 g/mol. The van der Waals surface area contributed by atoms with Gasteiger partial charge in [0.25, 0.3) is 0 Å². The highest BCUT2D eigenvalue weighted by molar-refractivity contribution is 9.10. The first kappa shape index (κ1) is 23.0. The molecule has 0 unspecified atom stereocenters. The van der Waals surface area contributed by atoms with Gasteiger partial charge in [0.1, 0.15) is 17.1 Å². The second-order valence-electron chi connectivity index (χ2n) is 5.54. The van der Waals surface area contributed by atoms with Crippen LogP contribution in [0.25, 0.3) is 0 Å². The molecule has 0 aliphatic heterocycles. The van der Waals surface area contributed by atoms with Crippen LogP contribution in [0.15, 0.2) is 63.5 Å². The summed E-state index contributed by atoms with van der Waals surface area (Å²) in [5.41, 5.74) is 9.74. The molecule has 0 aliphatic rings. The van der Waals surface area contributed by atoms with Crippen molar-refractivity contribution in [2.75, 3.05) is 11.5 Å². The van der Waals surface area contributed by atoms with Gasteiger partial charge in [0, 0.05) is 0 Å². The Morgan fingerprint density at radius 1 is 0.800 bits per heavy atom. The molecule has 3 aromatic rings. The lowest BCUT2D eigenvalue weighted by Gasteiger charge is -2.09. The van der Waals surface area contributed by atoms with E-state index in [0.29, 0.717) is 10.2 Å². The van der Waals surface area contributed by atoms with E-state index in [1.807, 2.05) is 6.07 Å². The number of rotatable bonds is 4. The van der Waals surface area contributed by atoms with Gasteiger partial charge in [-0.2, -0.15) is 4.39 Å².